The lowest BCUT2D eigenvalue weighted by atomic mass is 9.79. The molecular formula is C27H23FN2O5. The molecule has 0 unspecified atom stereocenters. The van der Waals surface area contributed by atoms with E-state index in [0.29, 0.717) is 12.8 Å². The van der Waals surface area contributed by atoms with Gasteiger partial charge in [-0.2, -0.15) is 0 Å². The maximum Gasteiger partial charge on any atom is 0.407 e. The zero-order valence-corrected chi connectivity index (χ0v) is 18.7. The van der Waals surface area contributed by atoms with Crippen molar-refractivity contribution in [3.63, 3.8) is 0 Å². The number of carboxylic acid groups (broad SMARTS) is 1. The molecule has 0 spiro atoms. The second-order valence-electron chi connectivity index (χ2n) is 8.82. The van der Waals surface area contributed by atoms with Gasteiger partial charge in [0.05, 0.1) is 5.56 Å². The molecule has 0 aliphatic heterocycles. The van der Waals surface area contributed by atoms with Crippen molar-refractivity contribution in [2.45, 2.75) is 24.8 Å². The van der Waals surface area contributed by atoms with Crippen LogP contribution in [-0.2, 0) is 9.53 Å². The average molecular weight is 474 g/mol. The molecule has 35 heavy (non-hydrogen) atoms. The zero-order chi connectivity index (χ0) is 24.5. The summed E-state index contributed by atoms with van der Waals surface area (Å²) in [5.74, 6) is -2.96. The molecule has 1 fully saturated rings. The van der Waals surface area contributed by atoms with Gasteiger partial charge in [0.2, 0.25) is 5.91 Å². The van der Waals surface area contributed by atoms with Gasteiger partial charge < -0.3 is 20.5 Å². The smallest absolute Gasteiger partial charge is 0.407 e. The number of rotatable bonds is 6. The normalized spacial score (nSPS) is 18.1. The Morgan fingerprint density at radius 1 is 0.943 bits per heavy atom. The van der Waals surface area contributed by atoms with Crippen molar-refractivity contribution >= 4 is 23.7 Å². The number of ether oxygens (including phenoxy) is 1. The van der Waals surface area contributed by atoms with Gasteiger partial charge in [-0.15, -0.1) is 0 Å². The summed E-state index contributed by atoms with van der Waals surface area (Å²) in [5, 5.41) is 14.3. The number of carboxylic acids is 1. The molecule has 0 radical (unpaired) electrons. The predicted molar refractivity (Wildman–Crippen MR) is 127 cm³/mol. The Morgan fingerprint density at radius 2 is 1.57 bits per heavy atom. The number of carbonyl (C=O) groups is 3. The van der Waals surface area contributed by atoms with Gasteiger partial charge in [-0.25, -0.2) is 14.0 Å². The molecular weight excluding hydrogens is 451 g/mol. The molecule has 1 saturated carbocycles. The first-order valence-corrected chi connectivity index (χ1v) is 11.4. The van der Waals surface area contributed by atoms with Crippen molar-refractivity contribution in [3.8, 4) is 11.1 Å². The lowest BCUT2D eigenvalue weighted by Gasteiger charge is -2.34. The van der Waals surface area contributed by atoms with Crippen molar-refractivity contribution in [1.82, 2.24) is 5.32 Å². The third-order valence-electron chi connectivity index (χ3n) is 6.64. The topological polar surface area (TPSA) is 105 Å². The van der Waals surface area contributed by atoms with E-state index in [1.807, 2.05) is 24.3 Å². The number of amides is 2. The van der Waals surface area contributed by atoms with Crippen LogP contribution in [0.4, 0.5) is 14.9 Å². The maximum atomic E-state index is 13.8. The van der Waals surface area contributed by atoms with Gasteiger partial charge in [0, 0.05) is 23.6 Å². The highest BCUT2D eigenvalue weighted by molar-refractivity contribution is 5.94. The van der Waals surface area contributed by atoms with Crippen LogP contribution >= 0.6 is 0 Å². The Morgan fingerprint density at radius 3 is 2.17 bits per heavy atom. The summed E-state index contributed by atoms with van der Waals surface area (Å²) in [6.45, 7) is 0.217. The summed E-state index contributed by atoms with van der Waals surface area (Å²) >= 11 is 0. The van der Waals surface area contributed by atoms with E-state index in [0.717, 1.165) is 34.4 Å². The van der Waals surface area contributed by atoms with Crippen LogP contribution in [0.3, 0.4) is 0 Å². The number of carbonyl (C=O) groups excluding carboxylic acids is 2. The Labute approximate surface area is 200 Å². The van der Waals surface area contributed by atoms with E-state index < -0.39 is 23.4 Å². The molecule has 0 atom stereocenters. The summed E-state index contributed by atoms with van der Waals surface area (Å²) < 4.78 is 19.3. The van der Waals surface area contributed by atoms with Gasteiger partial charge in [0.15, 0.2) is 0 Å². The number of hydrogen-bond acceptors (Lipinski definition) is 4. The molecule has 0 saturated heterocycles. The molecule has 8 heteroatoms. The third-order valence-corrected chi connectivity index (χ3v) is 6.64. The number of aromatic carboxylic acids is 1. The fraction of sp³-hybridized carbons (Fsp3) is 0.222. The van der Waals surface area contributed by atoms with Crippen LogP contribution in [0, 0.1) is 11.7 Å². The predicted octanol–water partition coefficient (Wildman–Crippen LogP) is 4.78. The van der Waals surface area contributed by atoms with Crippen molar-refractivity contribution in [1.29, 1.82) is 0 Å². The van der Waals surface area contributed by atoms with Crippen molar-refractivity contribution < 1.29 is 28.6 Å². The number of halogens is 1. The van der Waals surface area contributed by atoms with Crippen LogP contribution in [-0.4, -0.2) is 35.7 Å². The minimum Gasteiger partial charge on any atom is -0.478 e. The van der Waals surface area contributed by atoms with Gasteiger partial charge in [0.25, 0.3) is 0 Å². The maximum absolute atomic E-state index is 13.8. The molecule has 0 heterocycles. The number of fused-ring (bicyclic) bond motifs is 3. The first-order chi connectivity index (χ1) is 16.9. The fourth-order valence-electron chi connectivity index (χ4n) is 4.77. The Kier molecular flexibility index (Phi) is 5.94. The monoisotopic (exact) mass is 474 g/mol. The molecule has 3 aromatic rings. The van der Waals surface area contributed by atoms with Crippen molar-refractivity contribution in [2.24, 2.45) is 5.92 Å². The van der Waals surface area contributed by atoms with Crippen LogP contribution in [0.2, 0.25) is 0 Å². The molecule has 0 bridgehead atoms. The minimum atomic E-state index is -1.37. The largest absolute Gasteiger partial charge is 0.478 e. The summed E-state index contributed by atoms with van der Waals surface area (Å²) in [4.78, 5) is 35.7. The van der Waals surface area contributed by atoms with E-state index in [9.17, 15) is 18.8 Å². The van der Waals surface area contributed by atoms with Crippen LogP contribution in [0.1, 0.15) is 40.2 Å². The lowest BCUT2D eigenvalue weighted by Crippen LogP contribution is -2.48. The standard InChI is InChI=1S/C27H23FN2O5/c28-24-13-16(9-10-22(24)26(32)33)29-25(31)15-11-17(12-15)30-27(34)35-14-23-20-7-3-1-5-18(20)19-6-2-4-8-21(19)23/h1-10,13,15,17,23H,11-12,14H2,(H,29,31)(H,30,34)(H,32,33). The first-order valence-electron chi connectivity index (χ1n) is 11.4. The zero-order valence-electron chi connectivity index (χ0n) is 18.7. The van der Waals surface area contributed by atoms with Gasteiger partial charge >= 0.3 is 12.1 Å². The van der Waals surface area contributed by atoms with Gasteiger partial charge in [0.1, 0.15) is 12.4 Å². The van der Waals surface area contributed by atoms with Crippen LogP contribution in [0.15, 0.2) is 66.7 Å². The third kappa shape index (κ3) is 4.47. The quantitative estimate of drug-likeness (QED) is 0.477. The molecule has 3 aromatic carbocycles. The van der Waals surface area contributed by atoms with E-state index in [4.69, 9.17) is 9.84 Å². The van der Waals surface area contributed by atoms with Gasteiger partial charge in [-0.1, -0.05) is 48.5 Å². The molecule has 0 aromatic heterocycles. The Hall–Kier alpha value is -4.20. The fourth-order valence-corrected chi connectivity index (χ4v) is 4.77. The van der Waals surface area contributed by atoms with E-state index in [1.165, 1.54) is 6.07 Å². The van der Waals surface area contributed by atoms with Crippen LogP contribution in [0.25, 0.3) is 11.1 Å². The molecule has 2 aliphatic rings. The number of hydrogen-bond donors (Lipinski definition) is 3. The highest BCUT2D eigenvalue weighted by Crippen LogP contribution is 2.44. The van der Waals surface area contributed by atoms with Crippen LogP contribution in [0.5, 0.6) is 0 Å². The second kappa shape index (κ2) is 9.21. The number of nitrogens with one attached hydrogen (secondary N) is 2. The lowest BCUT2D eigenvalue weighted by molar-refractivity contribution is -0.122. The first kappa shape index (κ1) is 22.6. The molecule has 3 N–H and O–H groups in total. The molecule has 2 aliphatic carbocycles. The highest BCUT2D eigenvalue weighted by Gasteiger charge is 2.36. The number of anilines is 1. The molecule has 7 nitrogen and oxygen atoms in total. The molecule has 5 rings (SSSR count). The minimum absolute atomic E-state index is 0.0269. The number of benzene rings is 3. The van der Waals surface area contributed by atoms with E-state index in [1.54, 1.807) is 0 Å². The highest BCUT2D eigenvalue weighted by atomic mass is 19.1. The molecule has 2 amide bonds. The van der Waals surface area contributed by atoms with Gasteiger partial charge in [-0.05, 0) is 53.3 Å². The summed E-state index contributed by atoms with van der Waals surface area (Å²) in [6.07, 6.45) is 0.347. The van der Waals surface area contributed by atoms with Gasteiger partial charge in [-0.3, -0.25) is 4.79 Å². The van der Waals surface area contributed by atoms with E-state index in [2.05, 4.69) is 34.9 Å². The second-order valence-corrected chi connectivity index (χ2v) is 8.82. The number of alkyl carbamates (subject to hydrolysis) is 1. The Bertz CT molecular complexity index is 1270. The van der Waals surface area contributed by atoms with E-state index >= 15 is 0 Å². The SMILES string of the molecule is O=C(NC1CC(C(=O)Nc2ccc(C(=O)O)c(F)c2)C1)OCC1c2ccccc2-c2ccccc21. The summed E-state index contributed by atoms with van der Waals surface area (Å²) in [5.41, 5.74) is 4.30. The summed E-state index contributed by atoms with van der Waals surface area (Å²) in [7, 11) is 0. The van der Waals surface area contributed by atoms with Crippen molar-refractivity contribution in [2.75, 3.05) is 11.9 Å². The molecule has 178 valence electrons. The summed E-state index contributed by atoms with van der Waals surface area (Å²) in [6, 6.07) is 19.4. The van der Waals surface area contributed by atoms with Crippen molar-refractivity contribution in [3.05, 3.63) is 89.2 Å². The average Bonchev–Trinajstić information content (AvgIpc) is 3.13. The van der Waals surface area contributed by atoms with E-state index in [-0.39, 0.29) is 36.1 Å². The Balaban J connectivity index is 1.11. The van der Waals surface area contributed by atoms with Crippen LogP contribution < -0.4 is 10.6 Å².